The number of nitrogens with one attached hydrogen (secondary N) is 1. The van der Waals surface area contributed by atoms with Gasteiger partial charge >= 0.3 is 0 Å². The lowest BCUT2D eigenvalue weighted by Gasteiger charge is -2.27. The van der Waals surface area contributed by atoms with Crippen LogP contribution in [-0.4, -0.2) is 37.4 Å². The molecule has 0 saturated heterocycles. The van der Waals surface area contributed by atoms with Crippen LogP contribution in [0.15, 0.2) is 42.5 Å². The Morgan fingerprint density at radius 1 is 1.10 bits per heavy atom. The molecule has 0 unspecified atom stereocenters. The average Bonchev–Trinajstić information content (AvgIpc) is 2.65. The molecule has 1 aliphatic carbocycles. The van der Waals surface area contributed by atoms with Crippen LogP contribution in [0.1, 0.15) is 54.1 Å². The largest absolute Gasteiger partial charge is 0.377 e. The first-order valence-electron chi connectivity index (χ1n) is 10.9. The molecule has 2 amide bonds. The fourth-order valence-electron chi connectivity index (χ4n) is 3.83. The number of carbonyl (C=O) groups is 2. The molecule has 1 fully saturated rings. The first-order valence-corrected chi connectivity index (χ1v) is 10.9. The summed E-state index contributed by atoms with van der Waals surface area (Å²) < 4.78 is 0. The minimum absolute atomic E-state index is 0.0363. The number of nitrogens with zero attached hydrogens (tertiary/aromatic N) is 2. The highest BCUT2D eigenvalue weighted by Crippen LogP contribution is 2.29. The summed E-state index contributed by atoms with van der Waals surface area (Å²) >= 11 is 0. The van der Waals surface area contributed by atoms with E-state index >= 15 is 0 Å². The summed E-state index contributed by atoms with van der Waals surface area (Å²) in [4.78, 5) is 29.5. The van der Waals surface area contributed by atoms with Crippen molar-refractivity contribution >= 4 is 23.2 Å². The maximum absolute atomic E-state index is 13.2. The molecule has 30 heavy (non-hydrogen) atoms. The molecule has 0 aromatic heterocycles. The molecule has 160 valence electrons. The van der Waals surface area contributed by atoms with E-state index in [0.717, 1.165) is 48.2 Å². The Labute approximate surface area is 180 Å². The molecule has 3 rings (SSSR count). The molecule has 5 heteroatoms. The van der Waals surface area contributed by atoms with Crippen molar-refractivity contribution in [3.05, 3.63) is 59.2 Å². The van der Waals surface area contributed by atoms with Gasteiger partial charge in [0.1, 0.15) is 0 Å². The van der Waals surface area contributed by atoms with Gasteiger partial charge in [0.15, 0.2) is 0 Å². The Kier molecular flexibility index (Phi) is 7.14. The molecule has 1 N–H and O–H groups in total. The third-order valence-corrected chi connectivity index (χ3v) is 5.71. The van der Waals surface area contributed by atoms with E-state index in [1.807, 2.05) is 73.3 Å². The third kappa shape index (κ3) is 5.21. The molecule has 0 atom stereocenters. The molecule has 5 nitrogen and oxygen atoms in total. The van der Waals surface area contributed by atoms with Gasteiger partial charge in [0, 0.05) is 50.0 Å². The number of hydrogen-bond donors (Lipinski definition) is 1. The van der Waals surface area contributed by atoms with Crippen LogP contribution in [0.3, 0.4) is 0 Å². The number of rotatable bonds is 8. The van der Waals surface area contributed by atoms with Gasteiger partial charge in [-0.3, -0.25) is 9.59 Å². The molecule has 1 aliphatic rings. The molecular formula is C25H33N3O2. The second-order valence-electron chi connectivity index (χ2n) is 8.45. The van der Waals surface area contributed by atoms with Crippen molar-refractivity contribution in [3.63, 3.8) is 0 Å². The van der Waals surface area contributed by atoms with Gasteiger partial charge in [-0.1, -0.05) is 31.0 Å². The van der Waals surface area contributed by atoms with Crippen molar-refractivity contribution in [2.24, 2.45) is 5.92 Å². The number of benzene rings is 2. The summed E-state index contributed by atoms with van der Waals surface area (Å²) in [6.45, 7) is 5.26. The van der Waals surface area contributed by atoms with E-state index in [-0.39, 0.29) is 17.7 Å². The van der Waals surface area contributed by atoms with E-state index < -0.39 is 0 Å². The molecule has 2 aromatic carbocycles. The molecule has 0 bridgehead atoms. The van der Waals surface area contributed by atoms with E-state index in [1.54, 1.807) is 0 Å². The summed E-state index contributed by atoms with van der Waals surface area (Å²) in [6.07, 6.45) is 3.97. The van der Waals surface area contributed by atoms with Crippen LogP contribution in [0, 0.1) is 12.8 Å². The summed E-state index contributed by atoms with van der Waals surface area (Å²) in [7, 11) is 4.00. The van der Waals surface area contributed by atoms with Crippen LogP contribution in [0.25, 0.3) is 0 Å². The Balaban J connectivity index is 1.85. The first-order chi connectivity index (χ1) is 14.4. The van der Waals surface area contributed by atoms with Crippen LogP contribution in [0.4, 0.5) is 11.4 Å². The van der Waals surface area contributed by atoms with Crippen molar-refractivity contribution in [1.29, 1.82) is 0 Å². The Bertz CT molecular complexity index is 903. The lowest BCUT2D eigenvalue weighted by atomic mass is 9.85. The number of amides is 2. The smallest absolute Gasteiger partial charge is 0.254 e. The Morgan fingerprint density at radius 2 is 1.87 bits per heavy atom. The zero-order chi connectivity index (χ0) is 21.7. The topological polar surface area (TPSA) is 52.7 Å². The molecular weight excluding hydrogens is 374 g/mol. The number of hydrogen-bond acceptors (Lipinski definition) is 3. The Morgan fingerprint density at radius 3 is 2.47 bits per heavy atom. The summed E-state index contributed by atoms with van der Waals surface area (Å²) in [5, 5.41) is 3.06. The summed E-state index contributed by atoms with van der Waals surface area (Å²) in [6, 6.07) is 13.7. The van der Waals surface area contributed by atoms with Crippen LogP contribution in [0.2, 0.25) is 0 Å². The molecule has 0 radical (unpaired) electrons. The third-order valence-electron chi connectivity index (χ3n) is 5.71. The SMILES string of the molecule is CCCN(Cc1cc(NC(=O)C2CCC2)ccc1N(C)C)C(=O)c1cccc(C)c1. The second kappa shape index (κ2) is 9.79. The maximum atomic E-state index is 13.2. The zero-order valence-corrected chi connectivity index (χ0v) is 18.6. The van der Waals surface area contributed by atoms with Crippen molar-refractivity contribution in [2.75, 3.05) is 30.9 Å². The fraction of sp³-hybridized carbons (Fsp3) is 0.440. The van der Waals surface area contributed by atoms with Gasteiger partial charge in [-0.2, -0.15) is 0 Å². The van der Waals surface area contributed by atoms with Gasteiger partial charge in [0.05, 0.1) is 0 Å². The highest BCUT2D eigenvalue weighted by molar-refractivity contribution is 5.95. The maximum Gasteiger partial charge on any atom is 0.254 e. The molecule has 0 spiro atoms. The Hall–Kier alpha value is -2.82. The van der Waals surface area contributed by atoms with Gasteiger partial charge < -0.3 is 15.1 Å². The molecule has 2 aromatic rings. The second-order valence-corrected chi connectivity index (χ2v) is 8.45. The van der Waals surface area contributed by atoms with E-state index in [9.17, 15) is 9.59 Å². The lowest BCUT2D eigenvalue weighted by Crippen LogP contribution is -2.32. The van der Waals surface area contributed by atoms with E-state index in [1.165, 1.54) is 0 Å². The number of anilines is 2. The fourth-order valence-corrected chi connectivity index (χ4v) is 3.83. The summed E-state index contributed by atoms with van der Waals surface area (Å²) in [5.74, 6) is 0.279. The van der Waals surface area contributed by atoms with E-state index in [2.05, 4.69) is 12.2 Å². The van der Waals surface area contributed by atoms with Crippen molar-refractivity contribution in [1.82, 2.24) is 4.90 Å². The van der Waals surface area contributed by atoms with E-state index in [4.69, 9.17) is 0 Å². The van der Waals surface area contributed by atoms with Crippen molar-refractivity contribution in [3.8, 4) is 0 Å². The van der Waals surface area contributed by atoms with Crippen molar-refractivity contribution < 1.29 is 9.59 Å². The minimum atomic E-state index is 0.0363. The van der Waals surface area contributed by atoms with Crippen LogP contribution < -0.4 is 10.2 Å². The van der Waals surface area contributed by atoms with Crippen LogP contribution >= 0.6 is 0 Å². The molecule has 0 aliphatic heterocycles. The monoisotopic (exact) mass is 407 g/mol. The first kappa shape index (κ1) is 21.9. The predicted molar refractivity (Wildman–Crippen MR) is 123 cm³/mol. The van der Waals surface area contributed by atoms with Crippen LogP contribution in [0.5, 0.6) is 0 Å². The lowest BCUT2D eigenvalue weighted by molar-refractivity contribution is -0.122. The standard InChI is InChI=1S/C25H33N3O2/c1-5-14-28(25(30)20-11-6-8-18(2)15-20)17-21-16-22(12-13-23(21)27(3)4)26-24(29)19-9-7-10-19/h6,8,11-13,15-16,19H,5,7,9-10,14,17H2,1-4H3,(H,26,29). The molecule has 1 saturated carbocycles. The van der Waals surface area contributed by atoms with Crippen LogP contribution in [-0.2, 0) is 11.3 Å². The molecule has 0 heterocycles. The van der Waals surface area contributed by atoms with Gasteiger partial charge in [0.25, 0.3) is 5.91 Å². The normalized spacial score (nSPS) is 13.5. The predicted octanol–water partition coefficient (Wildman–Crippen LogP) is 4.85. The van der Waals surface area contributed by atoms with Gasteiger partial charge in [-0.15, -0.1) is 0 Å². The quantitative estimate of drug-likeness (QED) is 0.680. The highest BCUT2D eigenvalue weighted by Gasteiger charge is 2.25. The minimum Gasteiger partial charge on any atom is -0.377 e. The highest BCUT2D eigenvalue weighted by atomic mass is 16.2. The van der Waals surface area contributed by atoms with Gasteiger partial charge in [-0.05, 0) is 62.1 Å². The average molecular weight is 408 g/mol. The number of aryl methyl sites for hydroxylation is 1. The summed E-state index contributed by atoms with van der Waals surface area (Å²) in [5.41, 5.74) is 4.67. The zero-order valence-electron chi connectivity index (χ0n) is 18.6. The number of carbonyl (C=O) groups excluding carboxylic acids is 2. The van der Waals surface area contributed by atoms with Crippen molar-refractivity contribution in [2.45, 2.75) is 46.1 Å². The van der Waals surface area contributed by atoms with Gasteiger partial charge in [0.2, 0.25) is 5.91 Å². The van der Waals surface area contributed by atoms with E-state index in [0.29, 0.717) is 18.7 Å². The van der Waals surface area contributed by atoms with Gasteiger partial charge in [-0.25, -0.2) is 0 Å².